The summed E-state index contributed by atoms with van der Waals surface area (Å²) < 4.78 is 25.4. The van der Waals surface area contributed by atoms with Crippen molar-refractivity contribution in [3.63, 3.8) is 0 Å². The Bertz CT molecular complexity index is 1030. The fraction of sp³-hybridized carbons (Fsp3) is 0.263. The predicted octanol–water partition coefficient (Wildman–Crippen LogP) is 1.61. The van der Waals surface area contributed by atoms with E-state index in [2.05, 4.69) is 10.6 Å². The highest BCUT2D eigenvalue weighted by atomic mass is 32.2. The average molecular weight is 385 g/mol. The molecule has 1 saturated heterocycles. The number of aryl methyl sites for hydroxylation is 1. The molecular weight excluding hydrogens is 366 g/mol. The predicted molar refractivity (Wildman–Crippen MR) is 101 cm³/mol. The van der Waals surface area contributed by atoms with Crippen LogP contribution in [-0.4, -0.2) is 38.8 Å². The number of fused-ring (bicyclic) bond motifs is 1. The van der Waals surface area contributed by atoms with E-state index in [-0.39, 0.29) is 17.3 Å². The third kappa shape index (κ3) is 3.06. The topological polar surface area (TPSA) is 95.6 Å². The van der Waals surface area contributed by atoms with E-state index in [0.717, 1.165) is 16.8 Å². The van der Waals surface area contributed by atoms with Gasteiger partial charge < -0.3 is 15.5 Å². The number of carbonyl (C=O) groups is 2. The molecule has 2 aromatic rings. The van der Waals surface area contributed by atoms with Crippen LogP contribution in [0.3, 0.4) is 0 Å². The van der Waals surface area contributed by atoms with E-state index in [1.807, 2.05) is 19.1 Å². The molecule has 0 aliphatic carbocycles. The molecule has 1 fully saturated rings. The maximum Gasteiger partial charge on any atom is 0.315 e. The molecule has 2 heterocycles. The van der Waals surface area contributed by atoms with Gasteiger partial charge in [0.1, 0.15) is 0 Å². The first-order chi connectivity index (χ1) is 12.9. The van der Waals surface area contributed by atoms with Gasteiger partial charge in [-0.2, -0.15) is 0 Å². The highest BCUT2D eigenvalue weighted by Gasteiger charge is 2.35. The molecule has 0 saturated carbocycles. The minimum Gasteiger partial charge on any atom is -0.335 e. The maximum atomic E-state index is 12.8. The van der Waals surface area contributed by atoms with Crippen molar-refractivity contribution in [2.24, 2.45) is 0 Å². The Hall–Kier alpha value is -2.87. The molecule has 27 heavy (non-hydrogen) atoms. The second-order valence-corrected chi connectivity index (χ2v) is 8.88. The third-order valence-electron chi connectivity index (χ3n) is 4.93. The van der Waals surface area contributed by atoms with Crippen LogP contribution in [0.5, 0.6) is 0 Å². The van der Waals surface area contributed by atoms with Gasteiger partial charge >= 0.3 is 6.03 Å². The van der Waals surface area contributed by atoms with E-state index in [1.54, 1.807) is 29.2 Å². The number of rotatable bonds is 3. The maximum absolute atomic E-state index is 12.8. The lowest BCUT2D eigenvalue weighted by molar-refractivity contribution is 0.0989. The lowest BCUT2D eigenvalue weighted by Crippen LogP contribution is -2.34. The van der Waals surface area contributed by atoms with E-state index < -0.39 is 21.2 Å². The molecule has 1 atom stereocenters. The third-order valence-corrected chi connectivity index (χ3v) is 6.88. The van der Waals surface area contributed by atoms with E-state index >= 15 is 0 Å². The molecule has 0 spiro atoms. The van der Waals surface area contributed by atoms with Crippen LogP contribution in [0, 0.1) is 6.92 Å². The summed E-state index contributed by atoms with van der Waals surface area (Å²) >= 11 is 0. The number of urea groups is 1. The number of anilines is 1. The first-order valence-electron chi connectivity index (χ1n) is 8.66. The SMILES string of the molecule is Cc1ccc(C(=O)N2CCc3cc(S(=O)(=O)C4CNC(=O)N4)ccc32)cc1. The molecular formula is C19H19N3O4S. The summed E-state index contributed by atoms with van der Waals surface area (Å²) in [6.45, 7) is 2.51. The highest BCUT2D eigenvalue weighted by Crippen LogP contribution is 2.32. The Kier molecular flexibility index (Phi) is 4.15. The van der Waals surface area contributed by atoms with Gasteiger partial charge in [-0.3, -0.25) is 4.79 Å². The van der Waals surface area contributed by atoms with Gasteiger partial charge in [-0.05, 0) is 49.2 Å². The number of nitrogens with one attached hydrogen (secondary N) is 2. The van der Waals surface area contributed by atoms with Crippen molar-refractivity contribution in [1.82, 2.24) is 10.6 Å². The summed E-state index contributed by atoms with van der Waals surface area (Å²) in [6, 6.07) is 11.7. The Morgan fingerprint density at radius 2 is 1.89 bits per heavy atom. The van der Waals surface area contributed by atoms with Gasteiger partial charge in [-0.1, -0.05) is 17.7 Å². The van der Waals surface area contributed by atoms with Crippen LogP contribution in [0.15, 0.2) is 47.4 Å². The average Bonchev–Trinajstić information content (AvgIpc) is 3.28. The summed E-state index contributed by atoms with van der Waals surface area (Å²) in [6.07, 6.45) is 0.589. The smallest absolute Gasteiger partial charge is 0.315 e. The van der Waals surface area contributed by atoms with Crippen molar-refractivity contribution in [2.45, 2.75) is 23.6 Å². The molecule has 3 amide bonds. The van der Waals surface area contributed by atoms with Gasteiger partial charge in [0.05, 0.1) is 11.4 Å². The lowest BCUT2D eigenvalue weighted by atomic mass is 10.1. The first kappa shape index (κ1) is 17.5. The van der Waals surface area contributed by atoms with Crippen molar-refractivity contribution in [1.29, 1.82) is 0 Å². The number of nitrogens with zero attached hydrogens (tertiary/aromatic N) is 1. The van der Waals surface area contributed by atoms with E-state index in [0.29, 0.717) is 18.5 Å². The largest absolute Gasteiger partial charge is 0.335 e. The van der Waals surface area contributed by atoms with Gasteiger partial charge in [-0.25, -0.2) is 13.2 Å². The number of carbonyl (C=O) groups excluding carboxylic acids is 2. The molecule has 4 rings (SSSR count). The summed E-state index contributed by atoms with van der Waals surface area (Å²) in [7, 11) is -3.69. The second kappa shape index (κ2) is 6.38. The van der Waals surface area contributed by atoms with Crippen LogP contribution in [0.25, 0.3) is 0 Å². The van der Waals surface area contributed by atoms with Crippen molar-refractivity contribution in [3.8, 4) is 0 Å². The van der Waals surface area contributed by atoms with Gasteiger partial charge in [0, 0.05) is 17.8 Å². The molecule has 2 aliphatic heterocycles. The fourth-order valence-electron chi connectivity index (χ4n) is 3.40. The zero-order valence-corrected chi connectivity index (χ0v) is 15.5. The molecule has 2 aliphatic rings. The van der Waals surface area contributed by atoms with Crippen molar-refractivity contribution >= 4 is 27.5 Å². The number of amides is 3. The Labute approximate surface area is 157 Å². The van der Waals surface area contributed by atoms with Crippen molar-refractivity contribution in [3.05, 3.63) is 59.2 Å². The number of benzene rings is 2. The van der Waals surface area contributed by atoms with E-state index in [9.17, 15) is 18.0 Å². The quantitative estimate of drug-likeness (QED) is 0.839. The standard InChI is InChI=1S/C19H19N3O4S/c1-12-2-4-13(5-3-12)18(23)22-9-8-14-10-15(6-7-16(14)22)27(25,26)17-11-20-19(24)21-17/h2-7,10,17H,8-9,11H2,1H3,(H2,20,21,24). The van der Waals surface area contributed by atoms with Crippen LogP contribution in [0.4, 0.5) is 10.5 Å². The van der Waals surface area contributed by atoms with Gasteiger partial charge in [0.25, 0.3) is 5.91 Å². The van der Waals surface area contributed by atoms with Crippen LogP contribution in [0.1, 0.15) is 21.5 Å². The van der Waals surface area contributed by atoms with Crippen LogP contribution >= 0.6 is 0 Å². The number of hydrogen-bond donors (Lipinski definition) is 2. The summed E-state index contributed by atoms with van der Waals surface area (Å²) in [5.41, 5.74) is 3.23. The Morgan fingerprint density at radius 3 is 2.56 bits per heavy atom. The molecule has 0 radical (unpaired) electrons. The van der Waals surface area contributed by atoms with Gasteiger partial charge in [-0.15, -0.1) is 0 Å². The molecule has 0 bridgehead atoms. The normalized spacial score (nSPS) is 18.8. The minimum absolute atomic E-state index is 0.0380. The zero-order chi connectivity index (χ0) is 19.2. The van der Waals surface area contributed by atoms with E-state index in [1.165, 1.54) is 6.07 Å². The van der Waals surface area contributed by atoms with Crippen molar-refractivity contribution < 1.29 is 18.0 Å². The summed E-state index contributed by atoms with van der Waals surface area (Å²) in [5.74, 6) is -0.100. The number of sulfone groups is 1. The highest BCUT2D eigenvalue weighted by molar-refractivity contribution is 7.92. The summed E-state index contributed by atoms with van der Waals surface area (Å²) in [5, 5.41) is 3.89. The summed E-state index contributed by atoms with van der Waals surface area (Å²) in [4.78, 5) is 25.9. The fourth-order valence-corrected chi connectivity index (χ4v) is 4.86. The monoisotopic (exact) mass is 385 g/mol. The Balaban J connectivity index is 1.62. The second-order valence-electron chi connectivity index (χ2n) is 6.75. The molecule has 8 heteroatoms. The molecule has 7 nitrogen and oxygen atoms in total. The molecule has 2 N–H and O–H groups in total. The van der Waals surface area contributed by atoms with Crippen LogP contribution in [-0.2, 0) is 16.3 Å². The zero-order valence-electron chi connectivity index (χ0n) is 14.7. The lowest BCUT2D eigenvalue weighted by Gasteiger charge is -2.18. The molecule has 140 valence electrons. The Morgan fingerprint density at radius 1 is 1.15 bits per heavy atom. The van der Waals surface area contributed by atoms with Crippen LogP contribution < -0.4 is 15.5 Å². The minimum atomic E-state index is -3.69. The molecule has 2 aromatic carbocycles. The first-order valence-corrected chi connectivity index (χ1v) is 10.2. The molecule has 0 aromatic heterocycles. The van der Waals surface area contributed by atoms with Crippen LogP contribution in [0.2, 0.25) is 0 Å². The molecule has 1 unspecified atom stereocenters. The van der Waals surface area contributed by atoms with Gasteiger partial charge in [0.15, 0.2) is 5.37 Å². The number of hydrogen-bond acceptors (Lipinski definition) is 4. The van der Waals surface area contributed by atoms with Crippen molar-refractivity contribution in [2.75, 3.05) is 18.0 Å². The van der Waals surface area contributed by atoms with Gasteiger partial charge in [0.2, 0.25) is 9.84 Å². The van der Waals surface area contributed by atoms with E-state index in [4.69, 9.17) is 0 Å².